The number of fused-ring (bicyclic) bond motifs is 1. The fourth-order valence-corrected chi connectivity index (χ4v) is 2.33. The van der Waals surface area contributed by atoms with Gasteiger partial charge in [-0.2, -0.15) is 13.2 Å². The maximum atomic E-state index is 13.9. The molecule has 0 spiro atoms. The van der Waals surface area contributed by atoms with E-state index in [0.717, 1.165) is 12.1 Å². The Morgan fingerprint density at radius 3 is 2.48 bits per heavy atom. The number of halogens is 5. The molecule has 7 heteroatoms. The predicted molar refractivity (Wildman–Crippen MR) is 74.2 cm³/mol. The Balaban J connectivity index is 2.13. The topological polar surface area (TPSA) is 28.7 Å². The number of nitrogens with one attached hydrogen (secondary N) is 1. The largest absolute Gasteiger partial charge is 0.416 e. The van der Waals surface area contributed by atoms with Gasteiger partial charge in [-0.15, -0.1) is 0 Å². The summed E-state index contributed by atoms with van der Waals surface area (Å²) in [6, 6.07) is 7.57. The van der Waals surface area contributed by atoms with Crippen LogP contribution in [0.3, 0.4) is 0 Å². The Bertz CT molecular complexity index is 823. The lowest BCUT2D eigenvalue weighted by Crippen LogP contribution is -2.04. The van der Waals surface area contributed by atoms with Gasteiger partial charge in [-0.25, -0.2) is 9.37 Å². The van der Waals surface area contributed by atoms with Crippen LogP contribution in [-0.4, -0.2) is 9.97 Å². The minimum absolute atomic E-state index is 0.189. The van der Waals surface area contributed by atoms with Crippen molar-refractivity contribution in [3.05, 3.63) is 52.3 Å². The molecule has 0 atom stereocenters. The zero-order valence-corrected chi connectivity index (χ0v) is 11.9. The second kappa shape index (κ2) is 4.84. The van der Waals surface area contributed by atoms with Crippen LogP contribution < -0.4 is 0 Å². The average molecular weight is 359 g/mol. The second-order valence-corrected chi connectivity index (χ2v) is 5.35. The molecule has 1 aromatic heterocycles. The molecular weight excluding hydrogens is 352 g/mol. The molecule has 0 radical (unpaired) electrons. The monoisotopic (exact) mass is 358 g/mol. The normalized spacial score (nSPS) is 12.0. The molecule has 3 aromatic rings. The van der Waals surface area contributed by atoms with Crippen molar-refractivity contribution in [1.29, 1.82) is 0 Å². The highest BCUT2D eigenvalue weighted by Crippen LogP contribution is 2.32. The van der Waals surface area contributed by atoms with E-state index in [-0.39, 0.29) is 16.9 Å². The molecule has 0 aliphatic heterocycles. The summed E-state index contributed by atoms with van der Waals surface area (Å²) in [7, 11) is 0. The van der Waals surface area contributed by atoms with E-state index in [1.807, 2.05) is 0 Å². The summed E-state index contributed by atoms with van der Waals surface area (Å²) in [4.78, 5) is 6.84. The van der Waals surface area contributed by atoms with Gasteiger partial charge in [0.25, 0.3) is 0 Å². The summed E-state index contributed by atoms with van der Waals surface area (Å²) >= 11 is 3.14. The number of rotatable bonds is 1. The molecule has 108 valence electrons. The highest BCUT2D eigenvalue weighted by Gasteiger charge is 2.30. The third-order valence-electron chi connectivity index (χ3n) is 3.00. The zero-order valence-electron chi connectivity index (χ0n) is 10.3. The van der Waals surface area contributed by atoms with Crippen LogP contribution in [-0.2, 0) is 6.18 Å². The number of aromatic amines is 1. The smallest absolute Gasteiger partial charge is 0.338 e. The lowest BCUT2D eigenvalue weighted by Gasteiger charge is -2.05. The second-order valence-electron chi connectivity index (χ2n) is 4.44. The molecule has 0 amide bonds. The van der Waals surface area contributed by atoms with Gasteiger partial charge in [0.1, 0.15) is 11.6 Å². The molecule has 2 nitrogen and oxygen atoms in total. The first-order chi connectivity index (χ1) is 9.84. The van der Waals surface area contributed by atoms with Gasteiger partial charge >= 0.3 is 6.18 Å². The van der Waals surface area contributed by atoms with Crippen molar-refractivity contribution in [2.24, 2.45) is 0 Å². The van der Waals surface area contributed by atoms with Gasteiger partial charge in [0.15, 0.2) is 0 Å². The van der Waals surface area contributed by atoms with E-state index in [4.69, 9.17) is 0 Å². The first-order valence-corrected chi connectivity index (χ1v) is 6.66. The fraction of sp³-hybridized carbons (Fsp3) is 0.0714. The SMILES string of the molecule is Fc1cc(Br)ccc1-c1nc2ccc(C(F)(F)F)cc2[nH]1. The summed E-state index contributed by atoms with van der Waals surface area (Å²) in [5.41, 5.74) is -0.0214. The standard InChI is InChI=1S/C14H7BrF4N2/c15-8-2-3-9(10(16)6-8)13-20-11-4-1-7(14(17,18)19)5-12(11)21-13/h1-6H,(H,20,21). The lowest BCUT2D eigenvalue weighted by atomic mass is 10.2. The van der Waals surface area contributed by atoms with Gasteiger partial charge in [-0.05, 0) is 36.4 Å². The third kappa shape index (κ3) is 2.65. The third-order valence-corrected chi connectivity index (χ3v) is 3.49. The van der Waals surface area contributed by atoms with Gasteiger partial charge in [0.05, 0.1) is 22.2 Å². The molecule has 2 aromatic carbocycles. The van der Waals surface area contributed by atoms with Crippen molar-refractivity contribution < 1.29 is 17.6 Å². The highest BCUT2D eigenvalue weighted by molar-refractivity contribution is 9.10. The minimum Gasteiger partial charge on any atom is -0.338 e. The van der Waals surface area contributed by atoms with E-state index in [2.05, 4.69) is 25.9 Å². The Labute approximate surface area is 124 Å². The van der Waals surface area contributed by atoms with Crippen LogP contribution in [0.4, 0.5) is 17.6 Å². The van der Waals surface area contributed by atoms with Gasteiger partial charge < -0.3 is 4.98 Å². The van der Waals surface area contributed by atoms with Crippen LogP contribution in [0.25, 0.3) is 22.4 Å². The minimum atomic E-state index is -4.43. The van der Waals surface area contributed by atoms with E-state index in [0.29, 0.717) is 9.99 Å². The Morgan fingerprint density at radius 2 is 1.81 bits per heavy atom. The molecule has 0 unspecified atom stereocenters. The summed E-state index contributed by atoms with van der Waals surface area (Å²) in [5.74, 6) is -0.325. The Hall–Kier alpha value is -1.89. The lowest BCUT2D eigenvalue weighted by molar-refractivity contribution is -0.137. The predicted octanol–water partition coefficient (Wildman–Crippen LogP) is 5.15. The van der Waals surface area contributed by atoms with Gasteiger partial charge in [0, 0.05) is 4.47 Å². The molecule has 0 bridgehead atoms. The van der Waals surface area contributed by atoms with E-state index in [9.17, 15) is 17.6 Å². The van der Waals surface area contributed by atoms with E-state index in [1.54, 1.807) is 6.07 Å². The number of H-pyrrole nitrogens is 1. The molecule has 1 heterocycles. The molecule has 0 saturated heterocycles. The van der Waals surface area contributed by atoms with Gasteiger partial charge in [-0.3, -0.25) is 0 Å². The maximum absolute atomic E-state index is 13.9. The molecule has 1 N–H and O–H groups in total. The number of aromatic nitrogens is 2. The molecule has 0 fully saturated rings. The Kier molecular flexibility index (Phi) is 3.24. The molecule has 0 aliphatic carbocycles. The summed E-state index contributed by atoms with van der Waals surface area (Å²) in [5, 5.41) is 0. The van der Waals surface area contributed by atoms with Crippen LogP contribution in [0.5, 0.6) is 0 Å². The van der Waals surface area contributed by atoms with Crippen LogP contribution in [0.2, 0.25) is 0 Å². The highest BCUT2D eigenvalue weighted by atomic mass is 79.9. The number of hydrogen-bond donors (Lipinski definition) is 1. The van der Waals surface area contributed by atoms with Gasteiger partial charge in [0.2, 0.25) is 0 Å². The van der Waals surface area contributed by atoms with Crippen molar-refractivity contribution in [3.8, 4) is 11.4 Å². The van der Waals surface area contributed by atoms with Crippen molar-refractivity contribution in [2.45, 2.75) is 6.18 Å². The van der Waals surface area contributed by atoms with E-state index >= 15 is 0 Å². The van der Waals surface area contributed by atoms with Gasteiger partial charge in [-0.1, -0.05) is 15.9 Å². The van der Waals surface area contributed by atoms with E-state index in [1.165, 1.54) is 18.2 Å². The molecule has 21 heavy (non-hydrogen) atoms. The van der Waals surface area contributed by atoms with Crippen LogP contribution in [0.1, 0.15) is 5.56 Å². The number of nitrogens with zero attached hydrogens (tertiary/aromatic N) is 1. The zero-order chi connectivity index (χ0) is 15.2. The summed E-state index contributed by atoms with van der Waals surface area (Å²) in [6.45, 7) is 0. The number of benzene rings is 2. The van der Waals surface area contributed by atoms with Crippen LogP contribution >= 0.6 is 15.9 Å². The van der Waals surface area contributed by atoms with E-state index < -0.39 is 17.6 Å². The fourth-order valence-electron chi connectivity index (χ4n) is 2.00. The number of alkyl halides is 3. The molecule has 3 rings (SSSR count). The average Bonchev–Trinajstić information content (AvgIpc) is 2.79. The molecular formula is C14H7BrF4N2. The van der Waals surface area contributed by atoms with Crippen molar-refractivity contribution in [2.75, 3.05) is 0 Å². The molecule has 0 aliphatic rings. The summed E-state index contributed by atoms with van der Waals surface area (Å²) in [6.07, 6.45) is -4.43. The Morgan fingerprint density at radius 1 is 1.05 bits per heavy atom. The van der Waals surface area contributed by atoms with Crippen molar-refractivity contribution in [3.63, 3.8) is 0 Å². The number of imidazole rings is 1. The summed E-state index contributed by atoms with van der Waals surface area (Å²) < 4.78 is 52.4. The first kappa shape index (κ1) is 14.1. The van der Waals surface area contributed by atoms with Crippen molar-refractivity contribution in [1.82, 2.24) is 9.97 Å². The van der Waals surface area contributed by atoms with Crippen LogP contribution in [0.15, 0.2) is 40.9 Å². The first-order valence-electron chi connectivity index (χ1n) is 5.87. The van der Waals surface area contributed by atoms with Crippen molar-refractivity contribution >= 4 is 27.0 Å². The molecule has 0 saturated carbocycles. The number of hydrogen-bond acceptors (Lipinski definition) is 1. The quantitative estimate of drug-likeness (QED) is 0.598. The maximum Gasteiger partial charge on any atom is 0.416 e. The van der Waals surface area contributed by atoms with Crippen LogP contribution in [0, 0.1) is 5.82 Å².